The molecule has 16 heavy (non-hydrogen) atoms. The molecule has 1 atom stereocenters. The molecule has 0 saturated carbocycles. The Morgan fingerprint density at radius 3 is 2.75 bits per heavy atom. The van der Waals surface area contributed by atoms with Crippen LogP contribution in [0.25, 0.3) is 0 Å². The minimum absolute atomic E-state index is 0.00602. The van der Waals surface area contributed by atoms with Crippen molar-refractivity contribution >= 4 is 21.4 Å². The molecule has 1 aromatic heterocycles. The summed E-state index contributed by atoms with van der Waals surface area (Å²) in [6, 6.07) is 1.79. The zero-order valence-corrected chi connectivity index (χ0v) is 11.1. The summed E-state index contributed by atoms with van der Waals surface area (Å²) in [6.07, 6.45) is 0.565. The molecule has 0 aliphatic heterocycles. The molecule has 0 fully saturated rings. The standard InChI is InChI=1S/C10H17NO3S2/c1-3-6-16(13,14)11-8-10(2,12)9-4-5-15-7-9/h4-5,7,11-12H,3,6,8H2,1-2H3. The molecule has 0 bridgehead atoms. The molecule has 0 saturated heterocycles. The highest BCUT2D eigenvalue weighted by molar-refractivity contribution is 7.89. The van der Waals surface area contributed by atoms with Crippen LogP contribution in [0.1, 0.15) is 25.8 Å². The van der Waals surface area contributed by atoms with Gasteiger partial charge in [0.15, 0.2) is 0 Å². The molecule has 0 aliphatic rings. The summed E-state index contributed by atoms with van der Waals surface area (Å²) < 4.78 is 25.3. The Balaban J connectivity index is 2.62. The molecule has 2 N–H and O–H groups in total. The molecule has 0 spiro atoms. The molecule has 1 heterocycles. The summed E-state index contributed by atoms with van der Waals surface area (Å²) in [5.74, 6) is 0.0900. The van der Waals surface area contributed by atoms with Gasteiger partial charge in [0.1, 0.15) is 5.60 Å². The van der Waals surface area contributed by atoms with Crippen LogP contribution in [0.3, 0.4) is 0 Å². The zero-order valence-electron chi connectivity index (χ0n) is 9.43. The highest BCUT2D eigenvalue weighted by Crippen LogP contribution is 2.22. The quantitative estimate of drug-likeness (QED) is 0.812. The van der Waals surface area contributed by atoms with Crippen molar-refractivity contribution in [3.8, 4) is 0 Å². The predicted octanol–water partition coefficient (Wildman–Crippen LogP) is 1.28. The largest absolute Gasteiger partial charge is 0.384 e. The van der Waals surface area contributed by atoms with E-state index in [4.69, 9.17) is 0 Å². The maximum Gasteiger partial charge on any atom is 0.211 e. The third-order valence-corrected chi connectivity index (χ3v) is 4.47. The number of rotatable bonds is 6. The molecule has 1 unspecified atom stereocenters. The lowest BCUT2D eigenvalue weighted by atomic mass is 10.0. The topological polar surface area (TPSA) is 66.4 Å². The van der Waals surface area contributed by atoms with Gasteiger partial charge >= 0.3 is 0 Å². The number of hydrogen-bond donors (Lipinski definition) is 2. The predicted molar refractivity (Wildman–Crippen MR) is 66.0 cm³/mol. The highest BCUT2D eigenvalue weighted by Gasteiger charge is 2.25. The van der Waals surface area contributed by atoms with Crippen LogP contribution in [0.4, 0.5) is 0 Å². The lowest BCUT2D eigenvalue weighted by Gasteiger charge is -2.22. The summed E-state index contributed by atoms with van der Waals surface area (Å²) >= 11 is 1.47. The van der Waals surface area contributed by atoms with E-state index in [0.29, 0.717) is 6.42 Å². The van der Waals surface area contributed by atoms with E-state index in [1.165, 1.54) is 11.3 Å². The van der Waals surface area contributed by atoms with Crippen molar-refractivity contribution in [2.24, 2.45) is 0 Å². The average molecular weight is 263 g/mol. The van der Waals surface area contributed by atoms with Crippen molar-refractivity contribution < 1.29 is 13.5 Å². The van der Waals surface area contributed by atoms with Crippen LogP contribution in [0.15, 0.2) is 16.8 Å². The van der Waals surface area contributed by atoms with E-state index in [0.717, 1.165) is 5.56 Å². The van der Waals surface area contributed by atoms with Gasteiger partial charge in [0.25, 0.3) is 0 Å². The van der Waals surface area contributed by atoms with Gasteiger partial charge in [-0.3, -0.25) is 0 Å². The molecular formula is C10H17NO3S2. The summed E-state index contributed by atoms with van der Waals surface area (Å²) in [7, 11) is -3.26. The summed E-state index contributed by atoms with van der Waals surface area (Å²) in [5, 5.41) is 13.8. The second kappa shape index (κ2) is 5.27. The molecule has 6 heteroatoms. The Morgan fingerprint density at radius 2 is 2.25 bits per heavy atom. The first-order chi connectivity index (χ1) is 7.37. The van der Waals surface area contributed by atoms with Gasteiger partial charge in [0.2, 0.25) is 10.0 Å². The van der Waals surface area contributed by atoms with Gasteiger partial charge in [-0.25, -0.2) is 13.1 Å². The number of aliphatic hydroxyl groups is 1. The van der Waals surface area contributed by atoms with Crippen molar-refractivity contribution in [1.82, 2.24) is 4.72 Å². The Morgan fingerprint density at radius 1 is 1.56 bits per heavy atom. The van der Waals surface area contributed by atoms with Crippen LogP contribution in [-0.4, -0.2) is 25.8 Å². The number of hydrogen-bond acceptors (Lipinski definition) is 4. The minimum atomic E-state index is -3.26. The molecule has 0 aliphatic carbocycles. The normalized spacial score (nSPS) is 15.9. The van der Waals surface area contributed by atoms with E-state index in [-0.39, 0.29) is 12.3 Å². The fraction of sp³-hybridized carbons (Fsp3) is 0.600. The lowest BCUT2D eigenvalue weighted by molar-refractivity contribution is 0.0632. The van der Waals surface area contributed by atoms with Gasteiger partial charge in [-0.2, -0.15) is 11.3 Å². The van der Waals surface area contributed by atoms with Crippen molar-refractivity contribution in [3.63, 3.8) is 0 Å². The van der Waals surface area contributed by atoms with E-state index in [1.54, 1.807) is 19.9 Å². The van der Waals surface area contributed by atoms with E-state index in [1.807, 2.05) is 10.8 Å². The SMILES string of the molecule is CCCS(=O)(=O)NCC(C)(O)c1ccsc1. The van der Waals surface area contributed by atoms with Gasteiger partial charge in [-0.05, 0) is 35.7 Å². The maximum absolute atomic E-state index is 11.4. The third kappa shape index (κ3) is 3.86. The van der Waals surface area contributed by atoms with Gasteiger partial charge < -0.3 is 5.11 Å². The lowest BCUT2D eigenvalue weighted by Crippen LogP contribution is -2.39. The second-order valence-electron chi connectivity index (χ2n) is 3.93. The smallest absolute Gasteiger partial charge is 0.211 e. The van der Waals surface area contributed by atoms with Gasteiger partial charge in [-0.15, -0.1) is 0 Å². The van der Waals surface area contributed by atoms with Crippen molar-refractivity contribution in [1.29, 1.82) is 0 Å². The van der Waals surface area contributed by atoms with Crippen molar-refractivity contribution in [3.05, 3.63) is 22.4 Å². The van der Waals surface area contributed by atoms with Gasteiger partial charge in [-0.1, -0.05) is 6.92 Å². The van der Waals surface area contributed by atoms with Crippen LogP contribution >= 0.6 is 11.3 Å². The zero-order chi connectivity index (χ0) is 12.2. The first-order valence-corrected chi connectivity index (χ1v) is 7.69. The molecule has 4 nitrogen and oxygen atoms in total. The van der Waals surface area contributed by atoms with E-state index in [2.05, 4.69) is 4.72 Å². The summed E-state index contributed by atoms with van der Waals surface area (Å²) in [5.41, 5.74) is -0.419. The fourth-order valence-corrected chi connectivity index (χ4v) is 3.23. The summed E-state index contributed by atoms with van der Waals surface area (Å²) in [4.78, 5) is 0. The first kappa shape index (κ1) is 13.6. The number of nitrogens with one attached hydrogen (secondary N) is 1. The molecule has 1 rings (SSSR count). The number of sulfonamides is 1. The van der Waals surface area contributed by atoms with Crippen LogP contribution in [-0.2, 0) is 15.6 Å². The first-order valence-electron chi connectivity index (χ1n) is 5.10. The fourth-order valence-electron chi connectivity index (χ4n) is 1.26. The molecule has 0 radical (unpaired) electrons. The number of thiophene rings is 1. The van der Waals surface area contributed by atoms with Crippen LogP contribution in [0, 0.1) is 0 Å². The third-order valence-electron chi connectivity index (χ3n) is 2.25. The van der Waals surface area contributed by atoms with Crippen LogP contribution in [0.2, 0.25) is 0 Å². The molecule has 0 aromatic carbocycles. The van der Waals surface area contributed by atoms with Crippen molar-refractivity contribution in [2.45, 2.75) is 25.9 Å². The monoisotopic (exact) mass is 263 g/mol. The van der Waals surface area contributed by atoms with Crippen LogP contribution < -0.4 is 4.72 Å². The Bertz CT molecular complexity index is 409. The highest BCUT2D eigenvalue weighted by atomic mass is 32.2. The molecule has 92 valence electrons. The second-order valence-corrected chi connectivity index (χ2v) is 6.63. The van der Waals surface area contributed by atoms with Gasteiger partial charge in [0, 0.05) is 6.54 Å². The molecule has 0 amide bonds. The minimum Gasteiger partial charge on any atom is -0.384 e. The van der Waals surface area contributed by atoms with Crippen molar-refractivity contribution in [2.75, 3.05) is 12.3 Å². The van der Waals surface area contributed by atoms with Gasteiger partial charge in [0.05, 0.1) is 5.75 Å². The summed E-state index contributed by atoms with van der Waals surface area (Å²) in [6.45, 7) is 3.41. The Labute approximate surface area is 100 Å². The van der Waals surface area contributed by atoms with E-state index < -0.39 is 15.6 Å². The maximum atomic E-state index is 11.4. The molecule has 1 aromatic rings. The average Bonchev–Trinajstić information content (AvgIpc) is 2.68. The van der Waals surface area contributed by atoms with E-state index >= 15 is 0 Å². The van der Waals surface area contributed by atoms with Crippen LogP contribution in [0.5, 0.6) is 0 Å². The Kier molecular flexibility index (Phi) is 4.49. The van der Waals surface area contributed by atoms with E-state index in [9.17, 15) is 13.5 Å². The molecular weight excluding hydrogens is 246 g/mol. The Hall–Kier alpha value is -0.430.